The summed E-state index contributed by atoms with van der Waals surface area (Å²) in [6.07, 6.45) is 0. The van der Waals surface area contributed by atoms with E-state index < -0.39 is 6.04 Å². The van der Waals surface area contributed by atoms with Gasteiger partial charge in [-0.25, -0.2) is 0 Å². The molecule has 0 atom stereocenters. The van der Waals surface area contributed by atoms with Gasteiger partial charge in [0.25, 0.3) is 0 Å². The largest absolute Gasteiger partial charge is 0.305 e. The van der Waals surface area contributed by atoms with Crippen molar-refractivity contribution in [1.29, 1.82) is 0 Å². The molecule has 0 aliphatic heterocycles. The van der Waals surface area contributed by atoms with E-state index in [1.54, 1.807) is 0 Å². The lowest BCUT2D eigenvalue weighted by molar-refractivity contribution is 0.646. The highest BCUT2D eigenvalue weighted by Gasteiger charge is 2.06. The molecule has 0 aliphatic carbocycles. The van der Waals surface area contributed by atoms with Crippen molar-refractivity contribution in [2.75, 3.05) is 13.1 Å². The van der Waals surface area contributed by atoms with Gasteiger partial charge in [0.1, 0.15) is 19.1 Å². The Morgan fingerprint density at radius 3 is 2.00 bits per heavy atom. The van der Waals surface area contributed by atoms with Gasteiger partial charge in [0.15, 0.2) is 0 Å². The fourth-order valence-electron chi connectivity index (χ4n) is 0.397. The van der Waals surface area contributed by atoms with E-state index in [9.17, 15) is 9.81 Å². The van der Waals surface area contributed by atoms with Crippen LogP contribution in [-0.4, -0.2) is 19.1 Å². The van der Waals surface area contributed by atoms with Crippen LogP contribution >= 0.6 is 0 Å². The maximum absolute atomic E-state index is 9.63. The van der Waals surface area contributed by atoms with Gasteiger partial charge in [-0.15, -0.1) is 0 Å². The second kappa shape index (κ2) is 5.73. The van der Waals surface area contributed by atoms with Crippen LogP contribution in [0.5, 0.6) is 0 Å². The van der Waals surface area contributed by atoms with Gasteiger partial charge in [0.2, 0.25) is 0 Å². The van der Waals surface area contributed by atoms with E-state index in [-0.39, 0.29) is 13.1 Å². The summed E-state index contributed by atoms with van der Waals surface area (Å²) in [6, 6.07) is -0.597. The molecule has 0 rings (SSSR count). The second-order valence-corrected chi connectivity index (χ2v) is 1.51. The van der Waals surface area contributed by atoms with Crippen LogP contribution in [0.3, 0.4) is 0 Å². The van der Waals surface area contributed by atoms with Crippen LogP contribution in [-0.2, 0) is 0 Å². The monoisotopic (exact) mass is 145 g/mol. The number of nitrogens with two attached hydrogens (primary N) is 1. The van der Waals surface area contributed by atoms with Crippen LogP contribution in [0.25, 0.3) is 0 Å². The SMILES string of the molecule is NN=NC(CN=O)CN=O. The quantitative estimate of drug-likeness (QED) is 0.258. The Kier molecular flexibility index (Phi) is 4.93. The minimum Gasteiger partial charge on any atom is -0.305 e. The third kappa shape index (κ3) is 3.58. The first-order valence-corrected chi connectivity index (χ1v) is 2.53. The summed E-state index contributed by atoms with van der Waals surface area (Å²) in [6.45, 7) is -0.237. The molecule has 0 saturated carbocycles. The first kappa shape index (κ1) is 8.60. The van der Waals surface area contributed by atoms with Crippen molar-refractivity contribution < 1.29 is 0 Å². The molecule has 0 saturated heterocycles. The molecule has 2 N–H and O–H groups in total. The zero-order valence-corrected chi connectivity index (χ0v) is 5.17. The molecule has 0 amide bonds. The fourth-order valence-corrected chi connectivity index (χ4v) is 0.397. The van der Waals surface area contributed by atoms with Crippen molar-refractivity contribution in [3.63, 3.8) is 0 Å². The van der Waals surface area contributed by atoms with Crippen LogP contribution in [0.1, 0.15) is 0 Å². The van der Waals surface area contributed by atoms with Crippen molar-refractivity contribution >= 4 is 0 Å². The number of hydrogen-bond donors (Lipinski definition) is 1. The molecule has 56 valence electrons. The Bertz CT molecular complexity index is 125. The smallest absolute Gasteiger partial charge is 0.119 e. The Labute approximate surface area is 56.6 Å². The topological polar surface area (TPSA) is 110 Å². The molecule has 0 unspecified atom stereocenters. The highest BCUT2D eigenvalue weighted by molar-refractivity contribution is 4.68. The van der Waals surface area contributed by atoms with Gasteiger partial charge in [0.05, 0.1) is 0 Å². The number of rotatable bonds is 5. The maximum atomic E-state index is 9.63. The van der Waals surface area contributed by atoms with E-state index in [0.29, 0.717) is 0 Å². The van der Waals surface area contributed by atoms with Gasteiger partial charge >= 0.3 is 0 Å². The minimum absolute atomic E-state index is 0.119. The predicted octanol–water partition coefficient (Wildman–Crippen LogP) is 0.214. The summed E-state index contributed by atoms with van der Waals surface area (Å²) < 4.78 is 0. The average Bonchev–Trinajstić information content (AvgIpc) is 1.90. The number of nitrogens with zero attached hydrogens (tertiary/aromatic N) is 4. The zero-order chi connectivity index (χ0) is 7.82. The lowest BCUT2D eigenvalue weighted by Crippen LogP contribution is -2.12. The normalized spacial score (nSPS) is 10.5. The third-order valence-corrected chi connectivity index (χ3v) is 0.801. The van der Waals surface area contributed by atoms with E-state index in [1.165, 1.54) is 0 Å². The second-order valence-electron chi connectivity index (χ2n) is 1.51. The summed E-state index contributed by atoms with van der Waals surface area (Å²) in [5.74, 6) is 4.66. The molecule has 7 heteroatoms. The standard InChI is InChI=1S/C3H7N5O2/c4-8-7-3(1-5-9)2-6-10/h3H,1-2H2,(H2,4,7). The first-order chi connectivity index (χ1) is 4.85. The molecular formula is C3H7N5O2. The highest BCUT2D eigenvalue weighted by Crippen LogP contribution is 1.92. The Morgan fingerprint density at radius 1 is 1.20 bits per heavy atom. The van der Waals surface area contributed by atoms with Gasteiger partial charge in [-0.2, -0.15) is 14.9 Å². The Hall–Kier alpha value is -1.40. The van der Waals surface area contributed by atoms with E-state index in [2.05, 4.69) is 26.5 Å². The number of nitroso groups, excluding NO2 is 2. The molecule has 0 aliphatic rings. The lowest BCUT2D eigenvalue weighted by atomic mass is 10.3. The zero-order valence-electron chi connectivity index (χ0n) is 5.17. The Balaban J connectivity index is 3.70. The van der Waals surface area contributed by atoms with Crippen molar-refractivity contribution in [3.8, 4) is 0 Å². The third-order valence-electron chi connectivity index (χ3n) is 0.801. The average molecular weight is 145 g/mol. The fraction of sp³-hybridized carbons (Fsp3) is 1.00. The maximum Gasteiger partial charge on any atom is 0.119 e. The molecular weight excluding hydrogens is 138 g/mol. The predicted molar refractivity (Wildman–Crippen MR) is 34.2 cm³/mol. The lowest BCUT2D eigenvalue weighted by Gasteiger charge is -1.96. The van der Waals surface area contributed by atoms with E-state index >= 15 is 0 Å². The molecule has 0 bridgehead atoms. The highest BCUT2D eigenvalue weighted by atomic mass is 16.3. The van der Waals surface area contributed by atoms with E-state index in [0.717, 1.165) is 0 Å². The van der Waals surface area contributed by atoms with Crippen molar-refractivity contribution in [1.82, 2.24) is 0 Å². The van der Waals surface area contributed by atoms with Crippen molar-refractivity contribution in [2.45, 2.75) is 6.04 Å². The molecule has 0 aromatic carbocycles. The van der Waals surface area contributed by atoms with E-state index in [4.69, 9.17) is 0 Å². The van der Waals surface area contributed by atoms with Gasteiger partial charge in [0, 0.05) is 0 Å². The summed E-state index contributed by atoms with van der Waals surface area (Å²) >= 11 is 0. The summed E-state index contributed by atoms with van der Waals surface area (Å²) in [7, 11) is 0. The van der Waals surface area contributed by atoms with Crippen LogP contribution < -0.4 is 5.84 Å². The summed E-state index contributed by atoms with van der Waals surface area (Å²) in [5, 5.41) is 11.2. The van der Waals surface area contributed by atoms with Gasteiger partial charge in [-0.3, -0.25) is 0 Å². The van der Waals surface area contributed by atoms with Crippen LogP contribution in [0.4, 0.5) is 0 Å². The van der Waals surface area contributed by atoms with Gasteiger partial charge in [-0.1, -0.05) is 15.6 Å². The molecule has 0 aromatic rings. The van der Waals surface area contributed by atoms with E-state index in [1.807, 2.05) is 0 Å². The number of hydrogen-bond acceptors (Lipinski definition) is 6. The van der Waals surface area contributed by atoms with Crippen molar-refractivity contribution in [2.24, 2.45) is 26.5 Å². The van der Waals surface area contributed by atoms with Crippen molar-refractivity contribution in [3.05, 3.63) is 9.81 Å². The Morgan fingerprint density at radius 2 is 1.70 bits per heavy atom. The molecule has 0 radical (unpaired) electrons. The minimum atomic E-state index is -0.597. The molecule has 0 heterocycles. The summed E-state index contributed by atoms with van der Waals surface area (Å²) in [5.41, 5.74) is 0. The molecule has 0 aromatic heterocycles. The summed E-state index contributed by atoms with van der Waals surface area (Å²) in [4.78, 5) is 19.3. The van der Waals surface area contributed by atoms with Gasteiger partial charge in [-0.05, 0) is 0 Å². The van der Waals surface area contributed by atoms with Crippen LogP contribution in [0.2, 0.25) is 0 Å². The molecule has 0 spiro atoms. The first-order valence-electron chi connectivity index (χ1n) is 2.53. The van der Waals surface area contributed by atoms with Crippen LogP contribution in [0, 0.1) is 9.81 Å². The molecule has 7 nitrogen and oxygen atoms in total. The van der Waals surface area contributed by atoms with Crippen LogP contribution in [0.15, 0.2) is 20.7 Å². The molecule has 0 fully saturated rings. The van der Waals surface area contributed by atoms with Gasteiger partial charge < -0.3 is 5.84 Å². The molecule has 10 heavy (non-hydrogen) atoms.